The largest absolute Gasteiger partial charge is 0.375 e. The van der Waals surface area contributed by atoms with Gasteiger partial charge < -0.3 is 10.1 Å². The predicted molar refractivity (Wildman–Crippen MR) is 91.0 cm³/mol. The molecule has 3 unspecified atom stereocenters. The zero-order valence-corrected chi connectivity index (χ0v) is 14.4. The van der Waals surface area contributed by atoms with Crippen LogP contribution in [0, 0.1) is 0 Å². The number of rotatable bonds is 3. The van der Waals surface area contributed by atoms with Gasteiger partial charge >= 0.3 is 0 Å². The quantitative estimate of drug-likeness (QED) is 0.857. The Kier molecular flexibility index (Phi) is 5.63. The highest BCUT2D eigenvalue weighted by atomic mass is 32.2. The lowest BCUT2D eigenvalue weighted by Gasteiger charge is -2.45. The van der Waals surface area contributed by atoms with E-state index >= 15 is 0 Å². The van der Waals surface area contributed by atoms with Crippen molar-refractivity contribution >= 4 is 23.5 Å². The maximum atomic E-state index is 6.22. The molecule has 1 aliphatic carbocycles. The molecule has 116 valence electrons. The van der Waals surface area contributed by atoms with Crippen molar-refractivity contribution in [1.82, 2.24) is 5.32 Å². The molecule has 0 aromatic carbocycles. The van der Waals surface area contributed by atoms with Gasteiger partial charge in [0, 0.05) is 23.9 Å². The minimum Gasteiger partial charge on any atom is -0.375 e. The molecule has 3 atom stereocenters. The lowest BCUT2D eigenvalue weighted by atomic mass is 9.84. The molecule has 4 heteroatoms. The molecule has 3 rings (SSSR count). The van der Waals surface area contributed by atoms with Crippen LogP contribution in [0.2, 0.25) is 0 Å². The Labute approximate surface area is 132 Å². The Morgan fingerprint density at radius 2 is 1.95 bits per heavy atom. The molecule has 2 heterocycles. The van der Waals surface area contributed by atoms with Gasteiger partial charge in [-0.15, -0.1) is 0 Å². The summed E-state index contributed by atoms with van der Waals surface area (Å²) in [5.74, 6) is 2.59. The number of ether oxygens (including phenoxy) is 1. The zero-order valence-electron chi connectivity index (χ0n) is 12.7. The number of thioether (sulfide) groups is 2. The normalized spacial score (nSPS) is 38.0. The molecule has 2 nitrogen and oxygen atoms in total. The maximum Gasteiger partial charge on any atom is 0.0713 e. The number of hydrogen-bond donors (Lipinski definition) is 1. The summed E-state index contributed by atoms with van der Waals surface area (Å²) in [6.45, 7) is 0.971. The fourth-order valence-electron chi connectivity index (χ4n) is 4.13. The fourth-order valence-corrected chi connectivity index (χ4v) is 6.32. The minimum atomic E-state index is 0.227. The van der Waals surface area contributed by atoms with Gasteiger partial charge in [-0.1, -0.05) is 12.8 Å². The summed E-state index contributed by atoms with van der Waals surface area (Å²) in [5, 5.41) is 4.86. The lowest BCUT2D eigenvalue weighted by molar-refractivity contribution is -0.0944. The van der Waals surface area contributed by atoms with Gasteiger partial charge in [0.15, 0.2) is 0 Å². The fraction of sp³-hybridized carbons (Fsp3) is 1.00. The second-order valence-electron chi connectivity index (χ2n) is 6.67. The number of hydrogen-bond acceptors (Lipinski definition) is 4. The van der Waals surface area contributed by atoms with Gasteiger partial charge in [-0.25, -0.2) is 0 Å². The third-order valence-corrected chi connectivity index (χ3v) is 7.51. The highest BCUT2D eigenvalue weighted by molar-refractivity contribution is 7.99. The first-order valence-electron chi connectivity index (χ1n) is 8.32. The maximum absolute atomic E-state index is 6.22. The first-order chi connectivity index (χ1) is 9.81. The molecule has 1 N–H and O–H groups in total. The van der Waals surface area contributed by atoms with E-state index in [1.54, 1.807) is 0 Å². The highest BCUT2D eigenvalue weighted by Gasteiger charge is 2.39. The van der Waals surface area contributed by atoms with Crippen molar-refractivity contribution in [2.45, 2.75) is 74.3 Å². The third kappa shape index (κ3) is 3.68. The molecular formula is C16H29NOS2. The van der Waals surface area contributed by atoms with E-state index in [4.69, 9.17) is 4.74 Å². The average Bonchev–Trinajstić information content (AvgIpc) is 2.49. The van der Waals surface area contributed by atoms with E-state index in [1.165, 1.54) is 62.9 Å². The number of nitrogens with one attached hydrogen (secondary N) is 1. The van der Waals surface area contributed by atoms with Crippen LogP contribution < -0.4 is 5.32 Å². The molecule has 20 heavy (non-hydrogen) atoms. The Morgan fingerprint density at radius 1 is 1.15 bits per heavy atom. The van der Waals surface area contributed by atoms with E-state index in [9.17, 15) is 0 Å². The van der Waals surface area contributed by atoms with E-state index in [1.807, 2.05) is 0 Å². The molecule has 3 aliphatic rings. The smallest absolute Gasteiger partial charge is 0.0713 e. The monoisotopic (exact) mass is 315 g/mol. The first-order valence-corrected chi connectivity index (χ1v) is 10.8. The van der Waals surface area contributed by atoms with E-state index < -0.39 is 0 Å². The van der Waals surface area contributed by atoms with Gasteiger partial charge in [0.25, 0.3) is 0 Å². The van der Waals surface area contributed by atoms with Crippen molar-refractivity contribution in [3.63, 3.8) is 0 Å². The second kappa shape index (κ2) is 7.26. The molecule has 3 fully saturated rings. The van der Waals surface area contributed by atoms with E-state index in [-0.39, 0.29) is 5.60 Å². The molecule has 0 radical (unpaired) electrons. The summed E-state index contributed by atoms with van der Waals surface area (Å²) in [6, 6.07) is 1.45. The Hall–Kier alpha value is 0.620. The van der Waals surface area contributed by atoms with Crippen LogP contribution in [0.3, 0.4) is 0 Å². The van der Waals surface area contributed by atoms with Crippen molar-refractivity contribution in [3.05, 3.63) is 0 Å². The summed E-state index contributed by atoms with van der Waals surface area (Å²) < 4.78 is 6.22. The Morgan fingerprint density at radius 3 is 2.75 bits per heavy atom. The van der Waals surface area contributed by atoms with Crippen LogP contribution >= 0.6 is 23.5 Å². The van der Waals surface area contributed by atoms with Crippen molar-refractivity contribution in [3.8, 4) is 0 Å². The SMILES string of the molecule is CSC1CCCCC1NC1CCOC2(CCSCC2)C1. The van der Waals surface area contributed by atoms with Gasteiger partial charge in [0.2, 0.25) is 0 Å². The minimum absolute atomic E-state index is 0.227. The summed E-state index contributed by atoms with van der Waals surface area (Å²) in [5.41, 5.74) is 0.227. The van der Waals surface area contributed by atoms with Crippen LogP contribution in [0.25, 0.3) is 0 Å². The Balaban J connectivity index is 1.56. The van der Waals surface area contributed by atoms with Crippen LogP contribution in [0.5, 0.6) is 0 Å². The molecule has 0 aromatic rings. The van der Waals surface area contributed by atoms with E-state index in [2.05, 4.69) is 35.1 Å². The standard InChI is InChI=1S/C16H29NOS2/c1-19-15-5-3-2-4-14(15)17-13-6-9-18-16(12-13)7-10-20-11-8-16/h13-15,17H,2-12H2,1H3. The topological polar surface area (TPSA) is 21.3 Å². The van der Waals surface area contributed by atoms with Gasteiger partial charge in [-0.2, -0.15) is 23.5 Å². The van der Waals surface area contributed by atoms with Crippen LogP contribution in [0.1, 0.15) is 51.4 Å². The van der Waals surface area contributed by atoms with Gasteiger partial charge in [-0.3, -0.25) is 0 Å². The van der Waals surface area contributed by atoms with Crippen LogP contribution in [0.4, 0.5) is 0 Å². The van der Waals surface area contributed by atoms with Crippen molar-refractivity contribution in [2.75, 3.05) is 24.4 Å². The molecule has 2 saturated heterocycles. The molecule has 1 saturated carbocycles. The average molecular weight is 316 g/mol. The molecule has 1 spiro atoms. The van der Waals surface area contributed by atoms with Crippen LogP contribution in [-0.4, -0.2) is 47.3 Å². The van der Waals surface area contributed by atoms with E-state index in [0.29, 0.717) is 6.04 Å². The van der Waals surface area contributed by atoms with Crippen molar-refractivity contribution in [2.24, 2.45) is 0 Å². The summed E-state index contributed by atoms with van der Waals surface area (Å²) in [4.78, 5) is 0. The molecule has 2 aliphatic heterocycles. The van der Waals surface area contributed by atoms with Gasteiger partial charge in [-0.05, 0) is 56.3 Å². The van der Waals surface area contributed by atoms with Crippen LogP contribution in [0.15, 0.2) is 0 Å². The third-order valence-electron chi connectivity index (χ3n) is 5.35. The lowest BCUT2D eigenvalue weighted by Crippen LogP contribution is -2.53. The van der Waals surface area contributed by atoms with Gasteiger partial charge in [0.1, 0.15) is 0 Å². The molecule has 0 bridgehead atoms. The van der Waals surface area contributed by atoms with Crippen molar-refractivity contribution in [1.29, 1.82) is 0 Å². The predicted octanol–water partition coefficient (Wildman–Crippen LogP) is 3.70. The summed E-state index contributed by atoms with van der Waals surface area (Å²) >= 11 is 4.17. The Bertz CT molecular complexity index is 301. The first kappa shape index (κ1) is 15.5. The van der Waals surface area contributed by atoms with Crippen molar-refractivity contribution < 1.29 is 4.74 Å². The second-order valence-corrected chi connectivity index (χ2v) is 8.97. The molecule has 0 aromatic heterocycles. The highest BCUT2D eigenvalue weighted by Crippen LogP contribution is 2.38. The zero-order chi connectivity index (χ0) is 13.8. The van der Waals surface area contributed by atoms with Crippen LogP contribution in [-0.2, 0) is 4.74 Å². The molecular weight excluding hydrogens is 286 g/mol. The summed E-state index contributed by atoms with van der Waals surface area (Å²) in [6.07, 6.45) is 12.9. The van der Waals surface area contributed by atoms with Gasteiger partial charge in [0.05, 0.1) is 5.60 Å². The summed E-state index contributed by atoms with van der Waals surface area (Å²) in [7, 11) is 0. The molecule has 0 amide bonds. The van der Waals surface area contributed by atoms with E-state index in [0.717, 1.165) is 17.9 Å².